The van der Waals surface area contributed by atoms with Gasteiger partial charge >= 0.3 is 6.03 Å². The zero-order valence-corrected chi connectivity index (χ0v) is 19.8. The zero-order chi connectivity index (χ0) is 22.9. The Bertz CT molecular complexity index is 1020. The summed E-state index contributed by atoms with van der Waals surface area (Å²) in [6.07, 6.45) is 2.71. The van der Waals surface area contributed by atoms with Gasteiger partial charge in [0.15, 0.2) is 5.82 Å². The van der Waals surface area contributed by atoms with Gasteiger partial charge in [-0.15, -0.1) is 0 Å². The quantitative estimate of drug-likeness (QED) is 0.683. The van der Waals surface area contributed by atoms with Crippen LogP contribution in [0.1, 0.15) is 47.7 Å². The molecule has 8 nitrogen and oxygen atoms in total. The summed E-state index contributed by atoms with van der Waals surface area (Å²) in [4.78, 5) is 27.0. The number of aromatic nitrogens is 2. The molecular weight excluding hydrogens is 416 g/mol. The number of nitrogens with one attached hydrogen (secondary N) is 2. The molecule has 0 radical (unpaired) electrons. The molecule has 0 bridgehead atoms. The standard InChI is InChI=1S/C25H34N6O2.2H2/c1-16(2)26-25(32)27-20-8-6-19(7-9-20)23-28-22-14-30(12-18-4-5-18)13-21(22)24(29-23)31-10-11-33-15-17(31)3;;/h6-9,16-18H,4-5,10-15H2,1-3H3,(H2,26,27,32);2*1H/t17-;;/m0../s1. The van der Waals surface area contributed by atoms with Gasteiger partial charge in [0, 0.05) is 51.9 Å². The van der Waals surface area contributed by atoms with Crippen molar-refractivity contribution in [3.8, 4) is 11.4 Å². The Kier molecular flexibility index (Phi) is 6.21. The first-order valence-corrected chi connectivity index (χ1v) is 12.1. The van der Waals surface area contributed by atoms with E-state index in [1.807, 2.05) is 38.1 Å². The largest absolute Gasteiger partial charge is 0.377 e. The van der Waals surface area contributed by atoms with Crippen LogP contribution < -0.4 is 15.5 Å². The summed E-state index contributed by atoms with van der Waals surface area (Å²) in [6, 6.07) is 7.95. The van der Waals surface area contributed by atoms with E-state index in [1.54, 1.807) is 0 Å². The van der Waals surface area contributed by atoms with Gasteiger partial charge in [0.1, 0.15) is 5.82 Å². The van der Waals surface area contributed by atoms with Crippen LogP contribution in [-0.2, 0) is 17.8 Å². The predicted octanol–water partition coefficient (Wildman–Crippen LogP) is 4.12. The van der Waals surface area contributed by atoms with Gasteiger partial charge in [-0.3, -0.25) is 4.90 Å². The van der Waals surface area contributed by atoms with E-state index in [1.165, 1.54) is 18.4 Å². The maximum Gasteiger partial charge on any atom is 0.319 e. The Hall–Kier alpha value is -2.71. The summed E-state index contributed by atoms with van der Waals surface area (Å²) in [5.74, 6) is 2.65. The SMILES string of the molecule is CC(C)NC(=O)Nc1ccc(-c2nc3c(c(N4CCOC[C@@H]4C)n2)CN(CC2CC2)C3)cc1.[HH].[HH]. The van der Waals surface area contributed by atoms with Gasteiger partial charge in [-0.2, -0.15) is 0 Å². The monoisotopic (exact) mass is 454 g/mol. The van der Waals surface area contributed by atoms with E-state index in [9.17, 15) is 4.79 Å². The van der Waals surface area contributed by atoms with Crippen molar-refractivity contribution in [2.75, 3.05) is 36.5 Å². The second kappa shape index (κ2) is 9.27. The molecule has 0 unspecified atom stereocenters. The number of hydrogen-bond acceptors (Lipinski definition) is 6. The third-order valence-corrected chi connectivity index (χ3v) is 6.50. The Morgan fingerprint density at radius 1 is 1.21 bits per heavy atom. The van der Waals surface area contributed by atoms with Crippen molar-refractivity contribution in [3.63, 3.8) is 0 Å². The van der Waals surface area contributed by atoms with Crippen molar-refractivity contribution in [2.45, 2.75) is 58.8 Å². The average molecular weight is 455 g/mol. The molecule has 1 atom stereocenters. The van der Waals surface area contributed by atoms with Crippen molar-refractivity contribution >= 4 is 17.5 Å². The third-order valence-electron chi connectivity index (χ3n) is 6.50. The van der Waals surface area contributed by atoms with Crippen molar-refractivity contribution in [1.29, 1.82) is 0 Å². The highest BCUT2D eigenvalue weighted by atomic mass is 16.5. The molecule has 180 valence electrons. The van der Waals surface area contributed by atoms with E-state index in [-0.39, 0.29) is 21.0 Å². The molecule has 2 fully saturated rings. The lowest BCUT2D eigenvalue weighted by atomic mass is 10.1. The van der Waals surface area contributed by atoms with Crippen LogP contribution in [-0.4, -0.2) is 59.3 Å². The lowest BCUT2D eigenvalue weighted by molar-refractivity contribution is 0.0984. The van der Waals surface area contributed by atoms with E-state index in [2.05, 4.69) is 27.4 Å². The van der Waals surface area contributed by atoms with Crippen LogP contribution in [0.5, 0.6) is 0 Å². The van der Waals surface area contributed by atoms with Crippen molar-refractivity contribution in [2.24, 2.45) is 5.92 Å². The van der Waals surface area contributed by atoms with Crippen LogP contribution in [0.4, 0.5) is 16.3 Å². The van der Waals surface area contributed by atoms with Gasteiger partial charge in [-0.05, 0) is 63.8 Å². The number of urea groups is 1. The zero-order valence-electron chi connectivity index (χ0n) is 19.8. The second-order valence-corrected chi connectivity index (χ2v) is 9.86. The number of fused-ring (bicyclic) bond motifs is 1. The summed E-state index contributed by atoms with van der Waals surface area (Å²) >= 11 is 0. The highest BCUT2D eigenvalue weighted by molar-refractivity contribution is 5.89. The molecule has 5 rings (SSSR count). The van der Waals surface area contributed by atoms with Crippen LogP contribution in [0.15, 0.2) is 24.3 Å². The van der Waals surface area contributed by atoms with Crippen LogP contribution in [0.25, 0.3) is 11.4 Å². The smallest absolute Gasteiger partial charge is 0.319 e. The first-order chi connectivity index (χ1) is 16.0. The van der Waals surface area contributed by atoms with Crippen LogP contribution in [0, 0.1) is 5.92 Å². The fourth-order valence-electron chi connectivity index (χ4n) is 4.64. The number of ether oxygens (including phenoxy) is 1. The molecule has 0 spiro atoms. The fraction of sp³-hybridized carbons (Fsp3) is 0.560. The maximum absolute atomic E-state index is 12.0. The van der Waals surface area contributed by atoms with Gasteiger partial charge in [0.05, 0.1) is 24.9 Å². The molecule has 2 N–H and O–H groups in total. The van der Waals surface area contributed by atoms with E-state index >= 15 is 0 Å². The molecule has 1 saturated heterocycles. The Balaban J connectivity index is 0.00000171. The van der Waals surface area contributed by atoms with Gasteiger partial charge < -0.3 is 20.3 Å². The first kappa shape index (κ1) is 22.1. The number of carbonyl (C=O) groups excluding carboxylic acids is 1. The fourth-order valence-corrected chi connectivity index (χ4v) is 4.64. The highest BCUT2D eigenvalue weighted by Gasteiger charge is 2.33. The number of carbonyl (C=O) groups is 1. The molecule has 1 aliphatic carbocycles. The van der Waals surface area contributed by atoms with Gasteiger partial charge in [0.2, 0.25) is 0 Å². The van der Waals surface area contributed by atoms with Crippen molar-refractivity contribution < 1.29 is 12.4 Å². The van der Waals surface area contributed by atoms with Gasteiger partial charge in [-0.1, -0.05) is 0 Å². The molecule has 1 saturated carbocycles. The molecule has 33 heavy (non-hydrogen) atoms. The van der Waals surface area contributed by atoms with E-state index in [4.69, 9.17) is 14.7 Å². The number of amides is 2. The number of rotatable bonds is 6. The summed E-state index contributed by atoms with van der Waals surface area (Å²) in [5, 5.41) is 5.71. The van der Waals surface area contributed by atoms with E-state index in [0.29, 0.717) is 0 Å². The van der Waals surface area contributed by atoms with Crippen LogP contribution >= 0.6 is 0 Å². The van der Waals surface area contributed by atoms with Crippen molar-refractivity contribution in [3.05, 3.63) is 35.5 Å². The van der Waals surface area contributed by atoms with Gasteiger partial charge in [0.25, 0.3) is 0 Å². The Morgan fingerprint density at radius 3 is 2.70 bits per heavy atom. The minimum atomic E-state index is -0.203. The van der Waals surface area contributed by atoms with Gasteiger partial charge in [-0.25, -0.2) is 14.8 Å². The van der Waals surface area contributed by atoms with E-state index in [0.717, 1.165) is 73.9 Å². The Labute approximate surface area is 198 Å². The predicted molar refractivity (Wildman–Crippen MR) is 133 cm³/mol. The summed E-state index contributed by atoms with van der Waals surface area (Å²) in [6.45, 7) is 11.3. The minimum absolute atomic E-state index is 0. The molecule has 1 aromatic heterocycles. The molecule has 2 aliphatic heterocycles. The number of benzene rings is 1. The molecule has 2 amide bonds. The minimum Gasteiger partial charge on any atom is -0.377 e. The molecular formula is C25H38N6O2. The highest BCUT2D eigenvalue weighted by Crippen LogP contribution is 2.37. The van der Waals surface area contributed by atoms with Crippen LogP contribution in [0.2, 0.25) is 0 Å². The summed E-state index contributed by atoms with van der Waals surface area (Å²) in [5.41, 5.74) is 4.12. The topological polar surface area (TPSA) is 82.6 Å². The van der Waals surface area contributed by atoms with E-state index < -0.39 is 0 Å². The summed E-state index contributed by atoms with van der Waals surface area (Å²) < 4.78 is 5.68. The molecule has 3 heterocycles. The lowest BCUT2D eigenvalue weighted by Gasteiger charge is -2.35. The number of hydrogen-bond donors (Lipinski definition) is 2. The molecule has 1 aromatic carbocycles. The Morgan fingerprint density at radius 2 is 2.00 bits per heavy atom. The lowest BCUT2D eigenvalue weighted by Crippen LogP contribution is -2.44. The molecule has 8 heteroatoms. The number of morpholine rings is 1. The average Bonchev–Trinajstić information content (AvgIpc) is 3.49. The normalized spacial score (nSPS) is 20.7. The number of nitrogens with zero attached hydrogens (tertiary/aromatic N) is 4. The maximum atomic E-state index is 12.0. The van der Waals surface area contributed by atoms with Crippen molar-refractivity contribution in [1.82, 2.24) is 20.2 Å². The summed E-state index contributed by atoms with van der Waals surface area (Å²) in [7, 11) is 0. The van der Waals surface area contributed by atoms with Crippen LogP contribution in [0.3, 0.4) is 0 Å². The number of anilines is 2. The third kappa shape index (κ3) is 5.12. The second-order valence-electron chi connectivity index (χ2n) is 9.86. The molecule has 3 aliphatic rings. The molecule has 2 aromatic rings. The first-order valence-electron chi connectivity index (χ1n) is 12.1.